The number of carbonyl (C=O) groups is 1. The van der Waals surface area contributed by atoms with Gasteiger partial charge in [0, 0.05) is 5.56 Å². The molecule has 26 heavy (non-hydrogen) atoms. The zero-order valence-corrected chi connectivity index (χ0v) is 15.0. The van der Waals surface area contributed by atoms with E-state index in [-0.39, 0.29) is 10.7 Å². The summed E-state index contributed by atoms with van der Waals surface area (Å²) in [4.78, 5) is 13.2. The Bertz CT molecular complexity index is 1070. The first-order chi connectivity index (χ1) is 12.5. The van der Waals surface area contributed by atoms with Crippen LogP contribution in [0.3, 0.4) is 0 Å². The van der Waals surface area contributed by atoms with Gasteiger partial charge in [-0.2, -0.15) is 0 Å². The van der Waals surface area contributed by atoms with Crippen molar-refractivity contribution in [2.75, 3.05) is 4.31 Å². The van der Waals surface area contributed by atoms with E-state index in [0.29, 0.717) is 16.8 Å². The maximum atomic E-state index is 13.4. The molecule has 0 aromatic heterocycles. The third-order valence-electron chi connectivity index (χ3n) is 4.58. The van der Waals surface area contributed by atoms with E-state index >= 15 is 0 Å². The van der Waals surface area contributed by atoms with Crippen LogP contribution >= 0.6 is 0 Å². The summed E-state index contributed by atoms with van der Waals surface area (Å²) in [6, 6.07) is 21.7. The predicted molar refractivity (Wildman–Crippen MR) is 101 cm³/mol. The summed E-state index contributed by atoms with van der Waals surface area (Å²) in [6.45, 7) is 1.90. The molecule has 4 nitrogen and oxygen atoms in total. The number of aryl methyl sites for hydroxylation is 1. The minimum Gasteiger partial charge on any atom is -0.291 e. The molecule has 0 saturated heterocycles. The van der Waals surface area contributed by atoms with E-state index in [2.05, 4.69) is 0 Å². The lowest BCUT2D eigenvalue weighted by Crippen LogP contribution is -2.34. The molecule has 3 aromatic rings. The van der Waals surface area contributed by atoms with Gasteiger partial charge in [0.1, 0.15) is 6.04 Å². The van der Waals surface area contributed by atoms with Gasteiger partial charge < -0.3 is 0 Å². The molecule has 0 aliphatic carbocycles. The highest BCUT2D eigenvalue weighted by Gasteiger charge is 2.44. The van der Waals surface area contributed by atoms with Crippen molar-refractivity contribution in [3.05, 3.63) is 95.6 Å². The van der Waals surface area contributed by atoms with Crippen molar-refractivity contribution < 1.29 is 13.2 Å². The molecule has 1 heterocycles. The number of fused-ring (bicyclic) bond motifs is 1. The van der Waals surface area contributed by atoms with Gasteiger partial charge in [0.2, 0.25) is 0 Å². The third-order valence-corrected chi connectivity index (χ3v) is 6.38. The molecule has 0 saturated carbocycles. The maximum absolute atomic E-state index is 13.4. The third kappa shape index (κ3) is 2.52. The van der Waals surface area contributed by atoms with Crippen LogP contribution in [0.4, 0.5) is 5.69 Å². The van der Waals surface area contributed by atoms with Crippen LogP contribution in [0.15, 0.2) is 83.8 Å². The number of hydrogen-bond donors (Lipinski definition) is 0. The molecule has 0 radical (unpaired) electrons. The number of para-hydroxylation sites is 1. The first-order valence-electron chi connectivity index (χ1n) is 8.29. The Hall–Kier alpha value is -2.92. The smallest absolute Gasteiger partial charge is 0.265 e. The molecule has 0 bridgehead atoms. The van der Waals surface area contributed by atoms with Gasteiger partial charge in [0.05, 0.1) is 10.6 Å². The van der Waals surface area contributed by atoms with Gasteiger partial charge in [-0.15, -0.1) is 0 Å². The SMILES string of the molecule is Cc1ccc(S(=O)(=O)N2c3ccccc3C(=O)C2c2ccccc2)cc1. The molecule has 1 aliphatic rings. The molecule has 4 rings (SSSR count). The largest absolute Gasteiger partial charge is 0.291 e. The summed E-state index contributed by atoms with van der Waals surface area (Å²) in [5.41, 5.74) is 2.48. The Morgan fingerprint density at radius 3 is 2.12 bits per heavy atom. The second kappa shape index (κ2) is 6.11. The van der Waals surface area contributed by atoms with Crippen LogP contribution in [-0.2, 0) is 10.0 Å². The van der Waals surface area contributed by atoms with Gasteiger partial charge in [-0.1, -0.05) is 60.2 Å². The summed E-state index contributed by atoms with van der Waals surface area (Å²) in [5.74, 6) is -0.206. The second-order valence-corrected chi connectivity index (χ2v) is 8.12. The number of Topliss-reactive ketones (excluding diaryl/α,β-unsaturated/α-hetero) is 1. The van der Waals surface area contributed by atoms with Gasteiger partial charge in [-0.25, -0.2) is 8.42 Å². The lowest BCUT2D eigenvalue weighted by atomic mass is 10.0. The highest BCUT2D eigenvalue weighted by molar-refractivity contribution is 7.93. The topological polar surface area (TPSA) is 54.5 Å². The minimum atomic E-state index is -3.89. The maximum Gasteiger partial charge on any atom is 0.265 e. The van der Waals surface area contributed by atoms with Crippen LogP contribution in [0.1, 0.15) is 27.5 Å². The zero-order valence-electron chi connectivity index (χ0n) is 14.2. The molecule has 1 unspecified atom stereocenters. The van der Waals surface area contributed by atoms with Gasteiger partial charge in [-0.3, -0.25) is 9.10 Å². The number of benzene rings is 3. The van der Waals surface area contributed by atoms with Gasteiger partial charge in [-0.05, 0) is 36.8 Å². The average Bonchev–Trinajstić information content (AvgIpc) is 2.96. The first-order valence-corrected chi connectivity index (χ1v) is 9.73. The number of sulfonamides is 1. The highest BCUT2D eigenvalue weighted by atomic mass is 32.2. The number of rotatable bonds is 3. The van der Waals surface area contributed by atoms with Gasteiger partial charge in [0.25, 0.3) is 10.0 Å². The van der Waals surface area contributed by atoms with E-state index < -0.39 is 16.1 Å². The molecule has 0 fully saturated rings. The van der Waals surface area contributed by atoms with E-state index in [0.717, 1.165) is 5.56 Å². The zero-order chi connectivity index (χ0) is 18.3. The molecule has 1 aliphatic heterocycles. The van der Waals surface area contributed by atoms with E-state index in [9.17, 15) is 13.2 Å². The summed E-state index contributed by atoms with van der Waals surface area (Å²) < 4.78 is 28.1. The Morgan fingerprint density at radius 2 is 1.42 bits per heavy atom. The number of anilines is 1. The highest BCUT2D eigenvalue weighted by Crippen LogP contribution is 2.43. The fourth-order valence-electron chi connectivity index (χ4n) is 3.28. The second-order valence-electron chi connectivity index (χ2n) is 6.31. The standard InChI is InChI=1S/C21H17NO3S/c1-15-11-13-17(14-12-15)26(24,25)22-19-10-6-5-9-18(19)21(23)20(22)16-7-3-2-4-8-16/h2-14,20H,1H3. The van der Waals surface area contributed by atoms with E-state index in [1.165, 1.54) is 4.31 Å². The van der Waals surface area contributed by atoms with Crippen molar-refractivity contribution in [2.24, 2.45) is 0 Å². The number of ketones is 1. The number of carbonyl (C=O) groups excluding carboxylic acids is 1. The molecule has 0 amide bonds. The molecule has 0 N–H and O–H groups in total. The van der Waals surface area contributed by atoms with Crippen molar-refractivity contribution in [1.29, 1.82) is 0 Å². The summed E-state index contributed by atoms with van der Waals surface area (Å²) in [5, 5.41) is 0. The number of nitrogens with zero attached hydrogens (tertiary/aromatic N) is 1. The quantitative estimate of drug-likeness (QED) is 0.703. The Kier molecular flexibility index (Phi) is 3.89. The van der Waals surface area contributed by atoms with Crippen LogP contribution in [0, 0.1) is 6.92 Å². The monoisotopic (exact) mass is 363 g/mol. The van der Waals surface area contributed by atoms with Crippen molar-refractivity contribution >= 4 is 21.5 Å². The van der Waals surface area contributed by atoms with E-state index in [1.807, 2.05) is 25.1 Å². The Balaban J connectivity index is 1.93. The lowest BCUT2D eigenvalue weighted by molar-refractivity contribution is 0.0975. The van der Waals surface area contributed by atoms with Crippen LogP contribution in [0.2, 0.25) is 0 Å². The molecule has 3 aromatic carbocycles. The van der Waals surface area contributed by atoms with E-state index in [1.54, 1.807) is 60.7 Å². The van der Waals surface area contributed by atoms with Crippen molar-refractivity contribution in [1.82, 2.24) is 0 Å². The van der Waals surface area contributed by atoms with Crippen LogP contribution in [-0.4, -0.2) is 14.2 Å². The fourth-order valence-corrected chi connectivity index (χ4v) is 4.90. The molecule has 130 valence electrons. The summed E-state index contributed by atoms with van der Waals surface area (Å²) in [6.07, 6.45) is 0. The lowest BCUT2D eigenvalue weighted by Gasteiger charge is -2.26. The normalized spacial score (nSPS) is 16.6. The van der Waals surface area contributed by atoms with Crippen LogP contribution in [0.25, 0.3) is 0 Å². The first kappa shape index (κ1) is 16.5. The van der Waals surface area contributed by atoms with Crippen LogP contribution in [0.5, 0.6) is 0 Å². The molecule has 1 atom stereocenters. The molecule has 0 spiro atoms. The summed E-state index contributed by atoms with van der Waals surface area (Å²) in [7, 11) is -3.89. The minimum absolute atomic E-state index is 0.175. The van der Waals surface area contributed by atoms with Crippen molar-refractivity contribution in [2.45, 2.75) is 17.9 Å². The Morgan fingerprint density at radius 1 is 0.808 bits per heavy atom. The van der Waals surface area contributed by atoms with Crippen LogP contribution < -0.4 is 4.31 Å². The Labute approximate surface area is 152 Å². The fraction of sp³-hybridized carbons (Fsp3) is 0.0952. The predicted octanol–water partition coefficient (Wildman–Crippen LogP) is 4.13. The molecular formula is C21H17NO3S. The van der Waals surface area contributed by atoms with E-state index in [4.69, 9.17) is 0 Å². The average molecular weight is 363 g/mol. The van der Waals surface area contributed by atoms with Gasteiger partial charge in [0.15, 0.2) is 5.78 Å². The molecular weight excluding hydrogens is 346 g/mol. The number of hydrogen-bond acceptors (Lipinski definition) is 3. The van der Waals surface area contributed by atoms with Gasteiger partial charge >= 0.3 is 0 Å². The molecule has 5 heteroatoms. The van der Waals surface area contributed by atoms with Crippen molar-refractivity contribution in [3.8, 4) is 0 Å². The van der Waals surface area contributed by atoms with Crippen molar-refractivity contribution in [3.63, 3.8) is 0 Å². The summed E-state index contributed by atoms with van der Waals surface area (Å²) >= 11 is 0.